The number of likely N-dealkylation sites (N-methyl/N-ethyl adjacent to an activating group) is 1. The molecule has 2 amide bonds. The van der Waals surface area contributed by atoms with Gasteiger partial charge < -0.3 is 14.5 Å². The molecule has 0 spiro atoms. The fourth-order valence-electron chi connectivity index (χ4n) is 3.31. The molecule has 2 fully saturated rings. The first-order valence-corrected chi connectivity index (χ1v) is 8.57. The number of ether oxygens (including phenoxy) is 1. The summed E-state index contributed by atoms with van der Waals surface area (Å²) in [6, 6.07) is 9.89. The molecule has 2 bridgehead atoms. The van der Waals surface area contributed by atoms with Crippen molar-refractivity contribution in [3.63, 3.8) is 0 Å². The first-order valence-electron chi connectivity index (χ1n) is 7.76. The van der Waals surface area contributed by atoms with Crippen molar-refractivity contribution >= 4 is 33.2 Å². The third-order valence-corrected chi connectivity index (χ3v) is 5.77. The normalized spacial score (nSPS) is 24.8. The number of thiophene rings is 1. The SMILES string of the molecule is CN1C(=O)[C@H]2COC[C@@H]1CN(C(=O)c1cc3ccccc3s1)C2. The number of benzene rings is 1. The van der Waals surface area contributed by atoms with Crippen LogP contribution in [0.1, 0.15) is 9.67 Å². The van der Waals surface area contributed by atoms with Crippen LogP contribution in [0.3, 0.4) is 0 Å². The van der Waals surface area contributed by atoms with Crippen molar-refractivity contribution in [3.05, 3.63) is 35.2 Å². The number of rotatable bonds is 1. The molecule has 23 heavy (non-hydrogen) atoms. The Hall–Kier alpha value is -1.92. The summed E-state index contributed by atoms with van der Waals surface area (Å²) in [4.78, 5) is 29.6. The molecule has 1 aromatic carbocycles. The molecule has 3 heterocycles. The summed E-state index contributed by atoms with van der Waals surface area (Å²) in [5.74, 6) is -0.156. The number of amides is 2. The number of carbonyl (C=O) groups is 2. The minimum absolute atomic E-state index is 0.0196. The average Bonchev–Trinajstić information content (AvgIpc) is 2.87. The van der Waals surface area contributed by atoms with E-state index >= 15 is 0 Å². The molecule has 5 nitrogen and oxygen atoms in total. The van der Waals surface area contributed by atoms with E-state index in [1.807, 2.05) is 42.3 Å². The van der Waals surface area contributed by atoms with Gasteiger partial charge in [0.05, 0.1) is 30.1 Å². The standard InChI is InChI=1S/C17H18N2O3S/c1-18-13-8-19(7-12(16(18)20)9-22-10-13)17(21)15-6-11-4-2-3-5-14(11)23-15/h2-6,12-13H,7-10H2,1H3/t12-,13+/m1/s1. The zero-order chi connectivity index (χ0) is 16.0. The molecule has 6 heteroatoms. The zero-order valence-corrected chi connectivity index (χ0v) is 13.7. The average molecular weight is 330 g/mol. The second-order valence-corrected chi connectivity index (χ2v) is 7.28. The van der Waals surface area contributed by atoms with Crippen molar-refractivity contribution in [2.45, 2.75) is 6.04 Å². The van der Waals surface area contributed by atoms with E-state index < -0.39 is 0 Å². The van der Waals surface area contributed by atoms with Crippen molar-refractivity contribution in [1.82, 2.24) is 9.80 Å². The Morgan fingerprint density at radius 2 is 2.09 bits per heavy atom. The summed E-state index contributed by atoms with van der Waals surface area (Å²) >= 11 is 1.51. The van der Waals surface area contributed by atoms with E-state index in [1.165, 1.54) is 11.3 Å². The molecular weight excluding hydrogens is 312 g/mol. The topological polar surface area (TPSA) is 49.9 Å². The smallest absolute Gasteiger partial charge is 0.264 e. The molecule has 1 aromatic heterocycles. The van der Waals surface area contributed by atoms with E-state index in [-0.39, 0.29) is 23.8 Å². The van der Waals surface area contributed by atoms with Crippen LogP contribution in [0.15, 0.2) is 30.3 Å². The fraction of sp³-hybridized carbons (Fsp3) is 0.412. The monoisotopic (exact) mass is 330 g/mol. The Morgan fingerprint density at radius 3 is 2.91 bits per heavy atom. The lowest BCUT2D eigenvalue weighted by Gasteiger charge is -2.29. The highest BCUT2D eigenvalue weighted by Gasteiger charge is 2.39. The third-order valence-electron chi connectivity index (χ3n) is 4.67. The van der Waals surface area contributed by atoms with Gasteiger partial charge in [0.15, 0.2) is 0 Å². The van der Waals surface area contributed by atoms with Crippen LogP contribution in [0.25, 0.3) is 10.1 Å². The number of hydrogen-bond acceptors (Lipinski definition) is 4. The van der Waals surface area contributed by atoms with Gasteiger partial charge in [-0.15, -0.1) is 11.3 Å². The number of nitrogens with zero attached hydrogens (tertiary/aromatic N) is 2. The van der Waals surface area contributed by atoms with Crippen LogP contribution in [-0.2, 0) is 9.53 Å². The number of fused-ring (bicyclic) bond motifs is 4. The zero-order valence-electron chi connectivity index (χ0n) is 12.9. The predicted molar refractivity (Wildman–Crippen MR) is 88.6 cm³/mol. The van der Waals surface area contributed by atoms with Crippen molar-refractivity contribution in [2.24, 2.45) is 5.92 Å². The number of hydrogen-bond donors (Lipinski definition) is 0. The molecule has 0 unspecified atom stereocenters. The van der Waals surface area contributed by atoms with Gasteiger partial charge in [0, 0.05) is 24.8 Å². The van der Waals surface area contributed by atoms with Gasteiger partial charge in [-0.2, -0.15) is 0 Å². The lowest BCUT2D eigenvalue weighted by molar-refractivity contribution is -0.133. The molecular formula is C17H18N2O3S. The van der Waals surface area contributed by atoms with E-state index in [1.54, 1.807) is 4.90 Å². The summed E-state index contributed by atoms with van der Waals surface area (Å²) < 4.78 is 6.70. The van der Waals surface area contributed by atoms with Gasteiger partial charge >= 0.3 is 0 Å². The van der Waals surface area contributed by atoms with Gasteiger partial charge in [-0.3, -0.25) is 9.59 Å². The summed E-state index contributed by atoms with van der Waals surface area (Å²) in [7, 11) is 1.81. The van der Waals surface area contributed by atoms with E-state index in [9.17, 15) is 9.59 Å². The molecule has 4 rings (SSSR count). The Morgan fingerprint density at radius 1 is 1.26 bits per heavy atom. The lowest BCUT2D eigenvalue weighted by Crippen LogP contribution is -2.44. The maximum absolute atomic E-state index is 12.9. The fourth-order valence-corrected chi connectivity index (χ4v) is 4.34. The molecule has 0 saturated carbocycles. The van der Waals surface area contributed by atoms with Crippen LogP contribution < -0.4 is 0 Å². The van der Waals surface area contributed by atoms with E-state index in [0.29, 0.717) is 26.3 Å². The van der Waals surface area contributed by atoms with Gasteiger partial charge in [0.1, 0.15) is 0 Å². The van der Waals surface area contributed by atoms with Crippen LogP contribution in [0, 0.1) is 5.92 Å². The Bertz CT molecular complexity index is 739. The van der Waals surface area contributed by atoms with Crippen molar-refractivity contribution < 1.29 is 14.3 Å². The molecule has 2 aromatic rings. The van der Waals surface area contributed by atoms with E-state index in [0.717, 1.165) is 15.0 Å². The van der Waals surface area contributed by atoms with Crippen LogP contribution in [0.4, 0.5) is 0 Å². The Labute approximate surface area is 138 Å². The van der Waals surface area contributed by atoms with Crippen LogP contribution >= 0.6 is 11.3 Å². The highest BCUT2D eigenvalue weighted by molar-refractivity contribution is 7.20. The molecule has 0 radical (unpaired) electrons. The maximum Gasteiger partial charge on any atom is 0.264 e. The third kappa shape index (κ3) is 2.52. The minimum Gasteiger partial charge on any atom is -0.378 e. The first-order chi connectivity index (χ1) is 11.1. The highest BCUT2D eigenvalue weighted by atomic mass is 32.1. The molecule has 2 aliphatic rings. The van der Waals surface area contributed by atoms with Crippen LogP contribution in [0.5, 0.6) is 0 Å². The lowest BCUT2D eigenvalue weighted by atomic mass is 10.1. The van der Waals surface area contributed by atoms with Gasteiger partial charge in [0.25, 0.3) is 5.91 Å². The largest absolute Gasteiger partial charge is 0.378 e. The first kappa shape index (κ1) is 14.7. The van der Waals surface area contributed by atoms with Crippen LogP contribution in [-0.4, -0.2) is 61.0 Å². The van der Waals surface area contributed by atoms with Gasteiger partial charge in [-0.05, 0) is 17.5 Å². The predicted octanol–water partition coefficient (Wildman–Crippen LogP) is 1.83. The molecule has 2 atom stereocenters. The number of carbonyl (C=O) groups excluding carboxylic acids is 2. The molecule has 2 aliphatic heterocycles. The maximum atomic E-state index is 12.9. The van der Waals surface area contributed by atoms with Gasteiger partial charge in [0.2, 0.25) is 5.91 Å². The summed E-state index contributed by atoms with van der Waals surface area (Å²) in [5.41, 5.74) is 0. The second kappa shape index (κ2) is 5.62. The molecule has 120 valence electrons. The molecule has 2 saturated heterocycles. The van der Waals surface area contributed by atoms with Crippen molar-refractivity contribution in [1.29, 1.82) is 0 Å². The summed E-state index contributed by atoms with van der Waals surface area (Å²) in [6.45, 7) is 1.86. The minimum atomic E-state index is -0.258. The summed E-state index contributed by atoms with van der Waals surface area (Å²) in [5, 5.41) is 1.09. The Kier molecular flexibility index (Phi) is 3.58. The van der Waals surface area contributed by atoms with Crippen molar-refractivity contribution in [3.8, 4) is 0 Å². The Balaban J connectivity index is 1.64. The second-order valence-electron chi connectivity index (χ2n) is 6.20. The van der Waals surface area contributed by atoms with E-state index in [4.69, 9.17) is 4.74 Å². The summed E-state index contributed by atoms with van der Waals surface area (Å²) in [6.07, 6.45) is 0. The highest BCUT2D eigenvalue weighted by Crippen LogP contribution is 2.28. The quantitative estimate of drug-likeness (QED) is 0.801. The van der Waals surface area contributed by atoms with Gasteiger partial charge in [-0.25, -0.2) is 0 Å². The molecule has 0 N–H and O–H groups in total. The van der Waals surface area contributed by atoms with Gasteiger partial charge in [-0.1, -0.05) is 18.2 Å². The van der Waals surface area contributed by atoms with E-state index in [2.05, 4.69) is 0 Å². The van der Waals surface area contributed by atoms with Crippen LogP contribution in [0.2, 0.25) is 0 Å². The van der Waals surface area contributed by atoms with Crippen molar-refractivity contribution in [2.75, 3.05) is 33.4 Å². The molecule has 0 aliphatic carbocycles.